The first-order chi connectivity index (χ1) is 9.06. The van der Waals surface area contributed by atoms with Crippen molar-refractivity contribution >= 4 is 29.4 Å². The topological polar surface area (TPSA) is 98.7 Å². The lowest BCUT2D eigenvalue weighted by Gasteiger charge is -2.14. The smallest absolute Gasteiger partial charge is 0.326 e. The van der Waals surface area contributed by atoms with Gasteiger partial charge in [0.05, 0.1) is 0 Å². The van der Waals surface area contributed by atoms with Crippen LogP contribution in [0.15, 0.2) is 29.2 Å². The number of rotatable bonds is 6. The minimum absolute atomic E-state index is 0.0336. The molecule has 6 nitrogen and oxygen atoms in total. The van der Waals surface area contributed by atoms with Gasteiger partial charge in [-0.15, -0.1) is 11.8 Å². The van der Waals surface area contributed by atoms with Crippen LogP contribution in [-0.2, 0) is 4.79 Å². The van der Waals surface area contributed by atoms with Crippen molar-refractivity contribution < 1.29 is 19.8 Å². The molecule has 1 aromatic carbocycles. The lowest BCUT2D eigenvalue weighted by Crippen LogP contribution is -2.43. The zero-order valence-corrected chi connectivity index (χ0v) is 11.2. The number of carbonyl (C=O) groups is 2. The number of aliphatic hydroxyl groups excluding tert-OH is 1. The Balaban J connectivity index is 2.55. The number of carboxylic acid groups (broad SMARTS) is 1. The molecule has 1 rings (SSSR count). The van der Waals surface area contributed by atoms with E-state index in [0.29, 0.717) is 5.69 Å². The molecule has 0 spiro atoms. The molecule has 0 fully saturated rings. The van der Waals surface area contributed by atoms with Gasteiger partial charge in [0.2, 0.25) is 0 Å². The monoisotopic (exact) mass is 284 g/mol. The van der Waals surface area contributed by atoms with E-state index in [1.807, 2.05) is 18.4 Å². The average Bonchev–Trinajstić information content (AvgIpc) is 2.39. The molecule has 4 N–H and O–H groups in total. The van der Waals surface area contributed by atoms with Gasteiger partial charge in [-0.05, 0) is 30.5 Å². The van der Waals surface area contributed by atoms with Crippen LogP contribution >= 0.6 is 11.8 Å². The lowest BCUT2D eigenvalue weighted by molar-refractivity contribution is -0.139. The maximum atomic E-state index is 11.6. The van der Waals surface area contributed by atoms with Gasteiger partial charge < -0.3 is 20.8 Å². The lowest BCUT2D eigenvalue weighted by atomic mass is 10.2. The molecule has 0 aliphatic heterocycles. The SMILES string of the molecule is CSc1ccc(NC(=O)N[C@H](CCO)C(=O)O)cc1. The highest BCUT2D eigenvalue weighted by molar-refractivity contribution is 7.98. The van der Waals surface area contributed by atoms with Gasteiger partial charge in [-0.2, -0.15) is 0 Å². The molecule has 0 unspecified atom stereocenters. The number of aliphatic hydroxyl groups is 1. The van der Waals surface area contributed by atoms with Crippen molar-refractivity contribution in [1.82, 2.24) is 5.32 Å². The van der Waals surface area contributed by atoms with E-state index in [4.69, 9.17) is 10.2 Å². The van der Waals surface area contributed by atoms with Crippen LogP contribution in [0.5, 0.6) is 0 Å². The fraction of sp³-hybridized carbons (Fsp3) is 0.333. The zero-order valence-electron chi connectivity index (χ0n) is 10.4. The Labute approximate surface area is 115 Å². The summed E-state index contributed by atoms with van der Waals surface area (Å²) in [4.78, 5) is 23.5. The Kier molecular flexibility index (Phi) is 6.17. The fourth-order valence-corrected chi connectivity index (χ4v) is 1.79. The highest BCUT2D eigenvalue weighted by Gasteiger charge is 2.18. The first kappa shape index (κ1) is 15.3. The Bertz CT molecular complexity index is 436. The first-order valence-electron chi connectivity index (χ1n) is 5.62. The van der Waals surface area contributed by atoms with Crippen molar-refractivity contribution in [2.45, 2.75) is 17.4 Å². The molecular formula is C12H16N2O4S. The minimum Gasteiger partial charge on any atom is -0.480 e. The number of benzene rings is 1. The number of hydrogen-bond acceptors (Lipinski definition) is 4. The molecule has 0 aliphatic carbocycles. The van der Waals surface area contributed by atoms with Crippen molar-refractivity contribution in [3.05, 3.63) is 24.3 Å². The van der Waals surface area contributed by atoms with E-state index >= 15 is 0 Å². The van der Waals surface area contributed by atoms with Crippen molar-refractivity contribution in [1.29, 1.82) is 0 Å². The fourth-order valence-electron chi connectivity index (χ4n) is 1.39. The second-order valence-electron chi connectivity index (χ2n) is 3.73. The minimum atomic E-state index is -1.18. The van der Waals surface area contributed by atoms with E-state index in [9.17, 15) is 9.59 Å². The number of urea groups is 1. The Morgan fingerprint density at radius 3 is 2.42 bits per heavy atom. The highest BCUT2D eigenvalue weighted by atomic mass is 32.2. The van der Waals surface area contributed by atoms with Gasteiger partial charge in [-0.3, -0.25) is 0 Å². The summed E-state index contributed by atoms with van der Waals surface area (Å²) in [5.74, 6) is -1.18. The third kappa shape index (κ3) is 5.19. The average molecular weight is 284 g/mol. The van der Waals surface area contributed by atoms with Crippen LogP contribution in [0, 0.1) is 0 Å². The van der Waals surface area contributed by atoms with Gasteiger partial charge in [0, 0.05) is 23.6 Å². The largest absolute Gasteiger partial charge is 0.480 e. The summed E-state index contributed by atoms with van der Waals surface area (Å²) in [5, 5.41) is 22.4. The molecule has 104 valence electrons. The molecule has 0 saturated carbocycles. The van der Waals surface area contributed by atoms with E-state index in [2.05, 4.69) is 10.6 Å². The molecule has 2 amide bonds. The van der Waals surface area contributed by atoms with Crippen molar-refractivity contribution in [3.63, 3.8) is 0 Å². The van der Waals surface area contributed by atoms with Crippen molar-refractivity contribution in [3.8, 4) is 0 Å². The predicted molar refractivity (Wildman–Crippen MR) is 73.5 cm³/mol. The number of carboxylic acids is 1. The van der Waals surface area contributed by atoms with Crippen LogP contribution in [-0.4, -0.2) is 41.1 Å². The van der Waals surface area contributed by atoms with Crippen LogP contribution in [0.25, 0.3) is 0 Å². The Morgan fingerprint density at radius 1 is 1.32 bits per heavy atom. The molecule has 1 atom stereocenters. The molecule has 0 aromatic heterocycles. The number of nitrogens with one attached hydrogen (secondary N) is 2. The van der Waals surface area contributed by atoms with Gasteiger partial charge >= 0.3 is 12.0 Å². The van der Waals surface area contributed by atoms with Crippen molar-refractivity contribution in [2.75, 3.05) is 18.2 Å². The van der Waals surface area contributed by atoms with Crippen LogP contribution in [0.4, 0.5) is 10.5 Å². The second kappa shape index (κ2) is 7.65. The third-order valence-corrected chi connectivity index (χ3v) is 3.11. The number of carbonyl (C=O) groups excluding carboxylic acids is 1. The molecule has 0 heterocycles. The van der Waals surface area contributed by atoms with E-state index in [1.54, 1.807) is 23.9 Å². The van der Waals surface area contributed by atoms with Crippen LogP contribution < -0.4 is 10.6 Å². The maximum Gasteiger partial charge on any atom is 0.326 e. The summed E-state index contributed by atoms with van der Waals surface area (Å²) in [6.07, 6.45) is 1.91. The number of thioether (sulfide) groups is 1. The quantitative estimate of drug-likeness (QED) is 0.591. The number of aliphatic carboxylic acids is 1. The van der Waals surface area contributed by atoms with E-state index in [0.717, 1.165) is 4.90 Å². The second-order valence-corrected chi connectivity index (χ2v) is 4.61. The first-order valence-corrected chi connectivity index (χ1v) is 6.84. The number of anilines is 1. The molecule has 0 bridgehead atoms. The van der Waals surface area contributed by atoms with Crippen LogP contribution in [0.3, 0.4) is 0 Å². The summed E-state index contributed by atoms with van der Waals surface area (Å²) < 4.78 is 0. The summed E-state index contributed by atoms with van der Waals surface area (Å²) in [6.45, 7) is -0.306. The van der Waals surface area contributed by atoms with Crippen LogP contribution in [0.1, 0.15) is 6.42 Å². The molecule has 0 saturated heterocycles. The molecule has 1 aromatic rings. The molecule has 7 heteroatoms. The van der Waals surface area contributed by atoms with Gasteiger partial charge in [-0.1, -0.05) is 0 Å². The van der Waals surface area contributed by atoms with Crippen molar-refractivity contribution in [2.24, 2.45) is 0 Å². The van der Waals surface area contributed by atoms with E-state index < -0.39 is 18.0 Å². The standard InChI is InChI=1S/C12H16N2O4S/c1-19-9-4-2-8(3-5-9)13-12(18)14-10(6-7-15)11(16)17/h2-5,10,15H,6-7H2,1H3,(H,16,17)(H2,13,14,18)/t10-/m1/s1. The van der Waals surface area contributed by atoms with Gasteiger partial charge in [0.25, 0.3) is 0 Å². The summed E-state index contributed by atoms with van der Waals surface area (Å²) >= 11 is 1.58. The summed E-state index contributed by atoms with van der Waals surface area (Å²) in [7, 11) is 0. The normalized spacial score (nSPS) is 11.7. The zero-order chi connectivity index (χ0) is 14.3. The third-order valence-electron chi connectivity index (χ3n) is 2.37. The van der Waals surface area contributed by atoms with Gasteiger partial charge in [0.1, 0.15) is 6.04 Å². The maximum absolute atomic E-state index is 11.6. The molecular weight excluding hydrogens is 268 g/mol. The number of amides is 2. The molecule has 0 radical (unpaired) electrons. The summed E-state index contributed by atoms with van der Waals surface area (Å²) in [6, 6.07) is 5.44. The Hall–Kier alpha value is -1.73. The summed E-state index contributed by atoms with van der Waals surface area (Å²) in [5.41, 5.74) is 0.573. The van der Waals surface area contributed by atoms with Gasteiger partial charge in [-0.25, -0.2) is 9.59 Å². The van der Waals surface area contributed by atoms with Gasteiger partial charge in [0.15, 0.2) is 0 Å². The van der Waals surface area contributed by atoms with E-state index in [-0.39, 0.29) is 13.0 Å². The highest BCUT2D eigenvalue weighted by Crippen LogP contribution is 2.17. The van der Waals surface area contributed by atoms with Crippen LogP contribution in [0.2, 0.25) is 0 Å². The predicted octanol–water partition coefficient (Wildman–Crippen LogP) is 1.37. The van der Waals surface area contributed by atoms with E-state index in [1.165, 1.54) is 0 Å². The molecule has 0 aliphatic rings. The Morgan fingerprint density at radius 2 is 1.95 bits per heavy atom. The molecule has 19 heavy (non-hydrogen) atoms. The number of hydrogen-bond donors (Lipinski definition) is 4.